The SMILES string of the molecule is CCc1ccc(OC2CN(CC)C2)c(C(=O)O)c1O[B]O. The Balaban J connectivity index is 2.28. The lowest BCUT2D eigenvalue weighted by Crippen LogP contribution is -2.53. The number of carboxylic acid groups (broad SMARTS) is 1. The van der Waals surface area contributed by atoms with Gasteiger partial charge in [-0.3, -0.25) is 4.90 Å². The van der Waals surface area contributed by atoms with E-state index < -0.39 is 5.97 Å². The van der Waals surface area contributed by atoms with Gasteiger partial charge in [-0.25, -0.2) is 4.79 Å². The molecule has 1 aromatic carbocycles. The van der Waals surface area contributed by atoms with E-state index in [1.54, 1.807) is 12.1 Å². The van der Waals surface area contributed by atoms with Gasteiger partial charge in [0.25, 0.3) is 0 Å². The second kappa shape index (κ2) is 6.82. The average molecular weight is 292 g/mol. The summed E-state index contributed by atoms with van der Waals surface area (Å²) in [6.07, 6.45) is 0.582. The molecule has 0 atom stereocenters. The van der Waals surface area contributed by atoms with Crippen LogP contribution in [0.4, 0.5) is 0 Å². The Labute approximate surface area is 124 Å². The highest BCUT2D eigenvalue weighted by Crippen LogP contribution is 2.34. The van der Waals surface area contributed by atoms with E-state index in [9.17, 15) is 9.90 Å². The molecule has 0 aromatic heterocycles. The highest BCUT2D eigenvalue weighted by atomic mass is 16.5. The minimum absolute atomic E-state index is 0.0125. The molecule has 1 radical (unpaired) electrons. The Kier molecular flexibility index (Phi) is 5.09. The van der Waals surface area contributed by atoms with Crippen molar-refractivity contribution in [2.24, 2.45) is 0 Å². The van der Waals surface area contributed by atoms with Gasteiger partial charge >= 0.3 is 13.7 Å². The van der Waals surface area contributed by atoms with Gasteiger partial charge in [-0.1, -0.05) is 19.9 Å². The molecule has 1 heterocycles. The number of hydrogen-bond donors (Lipinski definition) is 2. The Hall–Kier alpha value is -1.73. The van der Waals surface area contributed by atoms with Crippen LogP contribution in [0, 0.1) is 0 Å². The van der Waals surface area contributed by atoms with E-state index in [0.29, 0.717) is 19.7 Å². The number of carbonyl (C=O) groups is 1. The minimum atomic E-state index is -1.14. The Morgan fingerprint density at radius 3 is 2.67 bits per heavy atom. The number of hydrogen-bond acceptors (Lipinski definition) is 5. The summed E-state index contributed by atoms with van der Waals surface area (Å²) in [7, 11) is 0.493. The molecule has 1 fully saturated rings. The molecule has 21 heavy (non-hydrogen) atoms. The molecule has 1 aliphatic rings. The van der Waals surface area contributed by atoms with Crippen LogP contribution < -0.4 is 9.39 Å². The van der Waals surface area contributed by atoms with Gasteiger partial charge in [0.1, 0.15) is 23.2 Å². The van der Waals surface area contributed by atoms with Gasteiger partial charge in [0.15, 0.2) is 0 Å². The van der Waals surface area contributed by atoms with Crippen LogP contribution in [0.15, 0.2) is 12.1 Å². The van der Waals surface area contributed by atoms with Gasteiger partial charge in [-0.05, 0) is 24.6 Å². The van der Waals surface area contributed by atoms with E-state index in [1.807, 2.05) is 6.92 Å². The summed E-state index contributed by atoms with van der Waals surface area (Å²) in [6.45, 7) is 6.48. The number of rotatable bonds is 7. The molecule has 6 nitrogen and oxygen atoms in total. The van der Waals surface area contributed by atoms with Gasteiger partial charge in [0, 0.05) is 13.1 Å². The highest BCUT2D eigenvalue weighted by molar-refractivity contribution is 6.18. The Bertz CT molecular complexity index is 516. The first-order valence-electron chi connectivity index (χ1n) is 7.01. The summed E-state index contributed by atoms with van der Waals surface area (Å²) in [6, 6.07) is 3.41. The van der Waals surface area contributed by atoms with Crippen molar-refractivity contribution in [3.63, 3.8) is 0 Å². The topological polar surface area (TPSA) is 79.2 Å². The molecule has 7 heteroatoms. The molecule has 2 N–H and O–H groups in total. The average Bonchev–Trinajstić information content (AvgIpc) is 2.42. The van der Waals surface area contributed by atoms with Gasteiger partial charge in [0.2, 0.25) is 0 Å². The first kappa shape index (κ1) is 15.7. The summed E-state index contributed by atoms with van der Waals surface area (Å²) in [5.74, 6) is -0.724. The molecular formula is C14H19BNO5. The van der Waals surface area contributed by atoms with Gasteiger partial charge < -0.3 is 19.5 Å². The molecule has 0 saturated carbocycles. The number of aryl methyl sites for hydroxylation is 1. The maximum absolute atomic E-state index is 11.5. The third kappa shape index (κ3) is 3.30. The molecule has 0 unspecified atom stereocenters. The number of likely N-dealkylation sites (N-methyl/N-ethyl adjacent to an activating group) is 1. The van der Waals surface area contributed by atoms with Crippen LogP contribution in [0.3, 0.4) is 0 Å². The number of aromatic carboxylic acids is 1. The van der Waals surface area contributed by atoms with Crippen LogP contribution in [0.1, 0.15) is 29.8 Å². The quantitative estimate of drug-likeness (QED) is 0.728. The summed E-state index contributed by atoms with van der Waals surface area (Å²) in [4.78, 5) is 13.7. The third-order valence-corrected chi connectivity index (χ3v) is 3.63. The summed E-state index contributed by atoms with van der Waals surface area (Å²) < 4.78 is 10.8. The fourth-order valence-corrected chi connectivity index (χ4v) is 2.41. The lowest BCUT2D eigenvalue weighted by molar-refractivity contribution is 0.0225. The van der Waals surface area contributed by atoms with Crippen molar-refractivity contribution in [2.75, 3.05) is 19.6 Å². The molecule has 0 amide bonds. The molecule has 0 spiro atoms. The number of ether oxygens (including phenoxy) is 1. The zero-order chi connectivity index (χ0) is 15.4. The molecule has 2 rings (SSSR count). The van der Waals surface area contributed by atoms with Crippen LogP contribution in [-0.2, 0) is 6.42 Å². The van der Waals surface area contributed by atoms with Gasteiger partial charge in [-0.2, -0.15) is 0 Å². The van der Waals surface area contributed by atoms with Crippen molar-refractivity contribution in [1.82, 2.24) is 4.90 Å². The summed E-state index contributed by atoms with van der Waals surface area (Å²) in [5.41, 5.74) is 0.656. The minimum Gasteiger partial charge on any atom is -0.536 e. The first-order valence-corrected chi connectivity index (χ1v) is 7.01. The fraction of sp³-hybridized carbons (Fsp3) is 0.500. The number of likely N-dealkylation sites (tertiary alicyclic amines) is 1. The van der Waals surface area contributed by atoms with E-state index in [4.69, 9.17) is 14.4 Å². The second-order valence-corrected chi connectivity index (χ2v) is 4.90. The van der Waals surface area contributed by atoms with Crippen molar-refractivity contribution in [3.05, 3.63) is 23.3 Å². The standard InChI is InChI=1S/C14H19BNO5/c1-3-9-5-6-11(20-10-7-16(4-2)8-10)12(14(17)18)13(9)21-15-19/h5-6,10,19H,3-4,7-8H2,1-2H3,(H,17,18). The Morgan fingerprint density at radius 2 is 2.14 bits per heavy atom. The molecule has 1 aliphatic heterocycles. The van der Waals surface area contributed by atoms with Crippen LogP contribution in [0.5, 0.6) is 11.5 Å². The van der Waals surface area contributed by atoms with E-state index in [1.165, 1.54) is 0 Å². The number of benzene rings is 1. The van der Waals surface area contributed by atoms with Crippen molar-refractivity contribution in [3.8, 4) is 11.5 Å². The highest BCUT2D eigenvalue weighted by Gasteiger charge is 2.29. The largest absolute Gasteiger partial charge is 0.569 e. The second-order valence-electron chi connectivity index (χ2n) is 4.90. The summed E-state index contributed by atoms with van der Waals surface area (Å²) >= 11 is 0. The van der Waals surface area contributed by atoms with Crippen molar-refractivity contribution in [2.45, 2.75) is 26.4 Å². The number of carboxylic acids is 1. The zero-order valence-corrected chi connectivity index (χ0v) is 12.2. The van der Waals surface area contributed by atoms with Gasteiger partial charge in [-0.15, -0.1) is 0 Å². The van der Waals surface area contributed by atoms with E-state index in [0.717, 1.165) is 19.6 Å². The number of nitrogens with zero attached hydrogens (tertiary/aromatic N) is 1. The fourth-order valence-electron chi connectivity index (χ4n) is 2.41. The van der Waals surface area contributed by atoms with Crippen LogP contribution in [-0.4, -0.2) is 54.4 Å². The first-order chi connectivity index (χ1) is 10.1. The third-order valence-electron chi connectivity index (χ3n) is 3.63. The molecular weight excluding hydrogens is 273 g/mol. The van der Waals surface area contributed by atoms with Crippen molar-refractivity contribution >= 4 is 13.7 Å². The predicted octanol–water partition coefficient (Wildman–Crippen LogP) is 0.935. The predicted molar refractivity (Wildman–Crippen MR) is 77.9 cm³/mol. The zero-order valence-electron chi connectivity index (χ0n) is 12.2. The van der Waals surface area contributed by atoms with Crippen LogP contribution >= 0.6 is 0 Å². The molecule has 113 valence electrons. The van der Waals surface area contributed by atoms with Crippen molar-refractivity contribution < 1.29 is 24.3 Å². The van der Waals surface area contributed by atoms with E-state index in [2.05, 4.69) is 11.8 Å². The van der Waals surface area contributed by atoms with Crippen molar-refractivity contribution in [1.29, 1.82) is 0 Å². The monoisotopic (exact) mass is 292 g/mol. The van der Waals surface area contributed by atoms with Crippen LogP contribution in [0.2, 0.25) is 0 Å². The summed E-state index contributed by atoms with van der Waals surface area (Å²) in [5, 5.41) is 18.3. The molecule has 1 saturated heterocycles. The lowest BCUT2D eigenvalue weighted by Gasteiger charge is -2.38. The van der Waals surface area contributed by atoms with Crippen LogP contribution in [0.25, 0.3) is 0 Å². The van der Waals surface area contributed by atoms with Gasteiger partial charge in [0.05, 0.1) is 0 Å². The maximum Gasteiger partial charge on any atom is 0.569 e. The lowest BCUT2D eigenvalue weighted by atomic mass is 10.0. The molecule has 0 bridgehead atoms. The van der Waals surface area contributed by atoms with E-state index in [-0.39, 0.29) is 23.2 Å². The normalized spacial score (nSPS) is 15.4. The smallest absolute Gasteiger partial charge is 0.536 e. The molecule has 0 aliphatic carbocycles. The molecule has 1 aromatic rings. The Morgan fingerprint density at radius 1 is 1.43 bits per heavy atom. The maximum atomic E-state index is 11.5. The van der Waals surface area contributed by atoms with E-state index >= 15 is 0 Å².